The van der Waals surface area contributed by atoms with Crippen molar-refractivity contribution in [2.45, 2.75) is 6.42 Å². The van der Waals surface area contributed by atoms with Crippen LogP contribution in [-0.2, 0) is 10.0 Å². The van der Waals surface area contributed by atoms with Gasteiger partial charge in [0.2, 0.25) is 10.0 Å². The van der Waals surface area contributed by atoms with Crippen LogP contribution in [0.3, 0.4) is 0 Å². The number of sulfonamides is 1. The van der Waals surface area contributed by atoms with E-state index in [2.05, 4.69) is 15.0 Å². The Bertz CT molecular complexity index is 605. The third-order valence-corrected chi connectivity index (χ3v) is 3.43. The smallest absolute Gasteiger partial charge is 0.208 e. The molecule has 1 aromatic carbocycles. The van der Waals surface area contributed by atoms with Crippen LogP contribution < -0.4 is 20.5 Å². The molecule has 0 amide bonds. The van der Waals surface area contributed by atoms with Crippen LogP contribution in [0.2, 0.25) is 5.02 Å². The highest BCUT2D eigenvalue weighted by Gasteiger charge is 2.02. The van der Waals surface area contributed by atoms with Crippen molar-refractivity contribution in [2.24, 2.45) is 10.7 Å². The van der Waals surface area contributed by atoms with Crippen LogP contribution in [0.5, 0.6) is 5.75 Å². The van der Waals surface area contributed by atoms with Crippen molar-refractivity contribution in [2.75, 3.05) is 31.8 Å². The first-order valence-electron chi connectivity index (χ1n) is 6.17. The number of anilines is 1. The van der Waals surface area contributed by atoms with Crippen LogP contribution in [0.15, 0.2) is 23.2 Å². The maximum atomic E-state index is 10.8. The van der Waals surface area contributed by atoms with Crippen LogP contribution in [0.25, 0.3) is 0 Å². The molecule has 0 spiro atoms. The van der Waals surface area contributed by atoms with E-state index in [4.69, 9.17) is 22.1 Å². The molecule has 1 rings (SSSR count). The fraction of sp³-hybridized carbons (Fsp3) is 0.417. The van der Waals surface area contributed by atoms with Crippen molar-refractivity contribution >= 4 is 33.3 Å². The molecule has 1 aromatic rings. The van der Waals surface area contributed by atoms with Gasteiger partial charge < -0.3 is 15.8 Å². The number of ether oxygens (including phenoxy) is 1. The number of hydrogen-bond donors (Lipinski definition) is 3. The number of nitrogens with two attached hydrogens (primary N) is 1. The fourth-order valence-corrected chi connectivity index (χ4v) is 2.24. The second-order valence-corrected chi connectivity index (χ2v) is 6.50. The average Bonchev–Trinajstić information content (AvgIpc) is 2.37. The number of halogens is 1. The molecule has 0 aliphatic carbocycles. The van der Waals surface area contributed by atoms with Crippen molar-refractivity contribution in [3.63, 3.8) is 0 Å². The van der Waals surface area contributed by atoms with Crippen molar-refractivity contribution < 1.29 is 13.2 Å². The largest absolute Gasteiger partial charge is 0.495 e. The van der Waals surface area contributed by atoms with Crippen LogP contribution in [-0.4, -0.2) is 40.8 Å². The Labute approximate surface area is 129 Å². The predicted molar refractivity (Wildman–Crippen MR) is 85.6 cm³/mol. The number of guanidine groups is 1. The first-order valence-corrected chi connectivity index (χ1v) is 8.44. The summed E-state index contributed by atoms with van der Waals surface area (Å²) in [4.78, 5) is 4.09. The second-order valence-electron chi connectivity index (χ2n) is 4.26. The van der Waals surface area contributed by atoms with Crippen molar-refractivity contribution in [1.82, 2.24) is 4.72 Å². The molecule has 0 unspecified atom stereocenters. The van der Waals surface area contributed by atoms with E-state index in [0.29, 0.717) is 36.0 Å². The first kappa shape index (κ1) is 17.5. The van der Waals surface area contributed by atoms with Crippen molar-refractivity contribution in [3.05, 3.63) is 23.2 Å². The average molecular weight is 335 g/mol. The highest BCUT2D eigenvalue weighted by Crippen LogP contribution is 2.26. The number of benzene rings is 1. The second kappa shape index (κ2) is 8.06. The predicted octanol–water partition coefficient (Wildman–Crippen LogP) is 1.01. The first-order chi connectivity index (χ1) is 9.81. The van der Waals surface area contributed by atoms with Gasteiger partial charge in [-0.15, -0.1) is 0 Å². The summed E-state index contributed by atoms with van der Waals surface area (Å²) in [5.74, 6) is 0.806. The summed E-state index contributed by atoms with van der Waals surface area (Å²) in [5.41, 5.74) is 6.41. The van der Waals surface area contributed by atoms with E-state index in [9.17, 15) is 8.42 Å². The van der Waals surface area contributed by atoms with Gasteiger partial charge in [0.25, 0.3) is 0 Å². The number of nitrogens with zero attached hydrogens (tertiary/aromatic N) is 1. The fourth-order valence-electron chi connectivity index (χ4n) is 1.47. The summed E-state index contributed by atoms with van der Waals surface area (Å²) in [6, 6.07) is 5.15. The Morgan fingerprint density at radius 2 is 2.19 bits per heavy atom. The standard InChI is InChI=1S/C12H19ClN4O3S/c1-20-11-5-4-9(8-10(11)13)17-12(14)15-6-3-7-16-21(2,18)19/h4-5,8,16H,3,6-7H2,1-2H3,(H3,14,15,17). The molecular weight excluding hydrogens is 316 g/mol. The molecule has 0 aliphatic rings. The van der Waals surface area contributed by atoms with Gasteiger partial charge >= 0.3 is 0 Å². The quantitative estimate of drug-likeness (QED) is 0.392. The normalized spacial score (nSPS) is 12.2. The zero-order chi connectivity index (χ0) is 15.9. The maximum absolute atomic E-state index is 10.8. The van der Waals surface area contributed by atoms with Gasteiger partial charge in [-0.25, -0.2) is 13.1 Å². The van der Waals surface area contributed by atoms with Gasteiger partial charge in [0, 0.05) is 18.8 Å². The van der Waals surface area contributed by atoms with E-state index < -0.39 is 10.0 Å². The summed E-state index contributed by atoms with van der Waals surface area (Å²) in [6.45, 7) is 0.731. The van der Waals surface area contributed by atoms with Gasteiger partial charge in [-0.05, 0) is 24.6 Å². The topological polar surface area (TPSA) is 106 Å². The van der Waals surface area contributed by atoms with Crippen molar-refractivity contribution in [1.29, 1.82) is 0 Å². The van der Waals surface area contributed by atoms with Crippen LogP contribution in [0.4, 0.5) is 5.69 Å². The number of rotatable bonds is 7. The molecular formula is C12H19ClN4O3S. The molecule has 4 N–H and O–H groups in total. The number of nitrogens with one attached hydrogen (secondary N) is 2. The molecule has 0 saturated carbocycles. The molecule has 9 heteroatoms. The van der Waals surface area contributed by atoms with Crippen molar-refractivity contribution in [3.8, 4) is 5.75 Å². The number of methoxy groups -OCH3 is 1. The molecule has 0 radical (unpaired) electrons. The lowest BCUT2D eigenvalue weighted by Gasteiger charge is -2.08. The molecule has 0 aliphatic heterocycles. The third kappa shape index (κ3) is 7.16. The molecule has 0 atom stereocenters. The Morgan fingerprint density at radius 3 is 2.76 bits per heavy atom. The van der Waals surface area contributed by atoms with E-state index in [-0.39, 0.29) is 5.96 Å². The van der Waals surface area contributed by atoms with Gasteiger partial charge in [-0.1, -0.05) is 11.6 Å². The van der Waals surface area contributed by atoms with Crippen LogP contribution >= 0.6 is 11.6 Å². The number of hydrogen-bond acceptors (Lipinski definition) is 4. The molecule has 118 valence electrons. The van der Waals surface area contributed by atoms with Crippen LogP contribution in [0.1, 0.15) is 6.42 Å². The Morgan fingerprint density at radius 1 is 1.48 bits per heavy atom. The monoisotopic (exact) mass is 334 g/mol. The lowest BCUT2D eigenvalue weighted by molar-refractivity contribution is 0.415. The van der Waals surface area contributed by atoms with E-state index in [1.54, 1.807) is 18.2 Å². The van der Waals surface area contributed by atoms with E-state index in [1.165, 1.54) is 7.11 Å². The minimum absolute atomic E-state index is 0.232. The summed E-state index contributed by atoms with van der Waals surface area (Å²) < 4.78 is 29.1. The number of aliphatic imine (C=N–C) groups is 1. The molecule has 0 bridgehead atoms. The molecule has 0 aromatic heterocycles. The molecule has 7 nitrogen and oxygen atoms in total. The van der Waals surface area contributed by atoms with Gasteiger partial charge in [0.05, 0.1) is 18.4 Å². The molecule has 21 heavy (non-hydrogen) atoms. The summed E-state index contributed by atoms with van der Waals surface area (Å²) in [5, 5.41) is 3.36. The lowest BCUT2D eigenvalue weighted by Crippen LogP contribution is -2.25. The Balaban J connectivity index is 2.43. The minimum Gasteiger partial charge on any atom is -0.495 e. The SMILES string of the molecule is COc1ccc(NC(N)=NCCCNS(C)(=O)=O)cc1Cl. The van der Waals surface area contributed by atoms with Gasteiger partial charge in [-0.3, -0.25) is 4.99 Å². The summed E-state index contributed by atoms with van der Waals surface area (Å²) >= 11 is 5.99. The van der Waals surface area contributed by atoms with Gasteiger partial charge in [0.1, 0.15) is 5.75 Å². The van der Waals surface area contributed by atoms with E-state index >= 15 is 0 Å². The van der Waals surface area contributed by atoms with E-state index in [1.807, 2.05) is 0 Å². The Hall–Kier alpha value is -1.51. The summed E-state index contributed by atoms with van der Waals surface area (Å²) in [7, 11) is -1.62. The highest BCUT2D eigenvalue weighted by atomic mass is 35.5. The third-order valence-electron chi connectivity index (χ3n) is 2.41. The van der Waals surface area contributed by atoms with Crippen LogP contribution in [0, 0.1) is 0 Å². The zero-order valence-corrected chi connectivity index (χ0v) is 13.5. The lowest BCUT2D eigenvalue weighted by atomic mass is 10.3. The molecule has 0 heterocycles. The van der Waals surface area contributed by atoms with E-state index in [0.717, 1.165) is 6.26 Å². The highest BCUT2D eigenvalue weighted by molar-refractivity contribution is 7.88. The molecule has 0 saturated heterocycles. The van der Waals surface area contributed by atoms with Gasteiger partial charge in [-0.2, -0.15) is 0 Å². The van der Waals surface area contributed by atoms with Gasteiger partial charge in [0.15, 0.2) is 5.96 Å². The summed E-state index contributed by atoms with van der Waals surface area (Å²) in [6.07, 6.45) is 1.67. The Kier molecular flexibility index (Phi) is 6.73. The molecule has 0 fully saturated rings. The minimum atomic E-state index is -3.16. The zero-order valence-electron chi connectivity index (χ0n) is 11.9. The maximum Gasteiger partial charge on any atom is 0.208 e.